The lowest BCUT2D eigenvalue weighted by atomic mass is 9.63. The van der Waals surface area contributed by atoms with Gasteiger partial charge < -0.3 is 0 Å². The summed E-state index contributed by atoms with van der Waals surface area (Å²) < 4.78 is 0. The Morgan fingerprint density at radius 1 is 1.08 bits per heavy atom. The fourth-order valence-electron chi connectivity index (χ4n) is 5.67. The summed E-state index contributed by atoms with van der Waals surface area (Å²) in [5.41, 5.74) is 4.08. The highest BCUT2D eigenvalue weighted by Crippen LogP contribution is 2.56. The molecule has 128 valence electrons. The molecule has 1 heteroatoms. The number of fused-ring (bicyclic) bond motifs is 5. The Morgan fingerprint density at radius 2 is 1.92 bits per heavy atom. The molecule has 0 radical (unpaired) electrons. The number of carbonyl (C=O) groups is 1. The minimum absolute atomic E-state index is 0.0955. The van der Waals surface area contributed by atoms with Crippen LogP contribution in [0.15, 0.2) is 42.5 Å². The Bertz CT molecular complexity index is 927. The van der Waals surface area contributed by atoms with Gasteiger partial charge in [0.05, 0.1) is 0 Å². The first kappa shape index (κ1) is 15.4. The van der Waals surface area contributed by atoms with Gasteiger partial charge in [-0.1, -0.05) is 63.3 Å². The van der Waals surface area contributed by atoms with E-state index in [1.54, 1.807) is 0 Å². The Morgan fingerprint density at radius 3 is 2.60 bits per heavy atom. The van der Waals surface area contributed by atoms with Gasteiger partial charge in [-0.15, -0.1) is 0 Å². The van der Waals surface area contributed by atoms with Gasteiger partial charge in [0, 0.05) is 11.8 Å². The van der Waals surface area contributed by atoms with Gasteiger partial charge >= 0.3 is 0 Å². The zero-order chi connectivity index (χ0) is 17.4. The average molecular weight is 330 g/mol. The monoisotopic (exact) mass is 330 g/mol. The Labute approximate surface area is 150 Å². The first-order valence-corrected chi connectivity index (χ1v) is 9.63. The largest absolute Gasteiger partial charge is 0.299 e. The van der Waals surface area contributed by atoms with Gasteiger partial charge in [0.15, 0.2) is 0 Å². The Kier molecular flexibility index (Phi) is 2.98. The van der Waals surface area contributed by atoms with E-state index < -0.39 is 0 Å². The predicted octanol–water partition coefficient (Wildman–Crippen LogP) is 5.39. The van der Waals surface area contributed by atoms with Crippen LogP contribution in [-0.2, 0) is 23.1 Å². The summed E-state index contributed by atoms with van der Waals surface area (Å²) in [7, 11) is 0. The van der Waals surface area contributed by atoms with Gasteiger partial charge in [-0.2, -0.15) is 0 Å². The van der Waals surface area contributed by atoms with Crippen LogP contribution in [0.2, 0.25) is 0 Å². The summed E-state index contributed by atoms with van der Waals surface area (Å²) in [6.45, 7) is 6.80. The van der Waals surface area contributed by atoms with Gasteiger partial charge in [-0.3, -0.25) is 4.79 Å². The quantitative estimate of drug-likeness (QED) is 0.592. The molecule has 2 aromatic rings. The molecule has 0 heterocycles. The summed E-state index contributed by atoms with van der Waals surface area (Å²) in [5.74, 6) is 1.61. The standard InChI is InChI=1S/C24H26O/c1-23(2,3)21-6-4-5-16-10-18-14-24(13-15-7-8-19(24)9-15)22(25)12-17(18)11-20(16)21/h4-8,10-11,15,19H,9,12-14H2,1-3H3. The van der Waals surface area contributed by atoms with Crippen LogP contribution in [0.25, 0.3) is 10.8 Å². The second-order valence-corrected chi connectivity index (χ2v) is 9.52. The molecule has 0 amide bonds. The normalized spacial score (nSPS) is 30.4. The van der Waals surface area contributed by atoms with Crippen LogP contribution in [0.3, 0.4) is 0 Å². The van der Waals surface area contributed by atoms with Crippen molar-refractivity contribution >= 4 is 16.6 Å². The van der Waals surface area contributed by atoms with Crippen molar-refractivity contribution in [2.24, 2.45) is 17.3 Å². The van der Waals surface area contributed by atoms with Crippen molar-refractivity contribution in [2.45, 2.75) is 51.9 Å². The maximum Gasteiger partial charge on any atom is 0.144 e. The van der Waals surface area contributed by atoms with Crippen LogP contribution in [0.5, 0.6) is 0 Å². The lowest BCUT2D eigenvalue weighted by molar-refractivity contribution is -0.130. The van der Waals surface area contributed by atoms with Crippen molar-refractivity contribution in [3.8, 4) is 0 Å². The second-order valence-electron chi connectivity index (χ2n) is 9.52. The maximum atomic E-state index is 13.2. The average Bonchev–Trinajstić information content (AvgIpc) is 3.14. The highest BCUT2D eigenvalue weighted by molar-refractivity contribution is 5.94. The fourth-order valence-corrected chi connectivity index (χ4v) is 5.67. The number of rotatable bonds is 0. The molecule has 3 atom stereocenters. The Balaban J connectivity index is 1.65. The molecule has 1 spiro atoms. The Hall–Kier alpha value is -1.89. The molecule has 1 fully saturated rings. The van der Waals surface area contributed by atoms with Crippen LogP contribution >= 0.6 is 0 Å². The van der Waals surface area contributed by atoms with E-state index in [0.717, 1.165) is 12.8 Å². The van der Waals surface area contributed by atoms with Gasteiger partial charge in [-0.05, 0) is 64.0 Å². The third kappa shape index (κ3) is 2.11. The maximum absolute atomic E-state index is 13.2. The molecule has 0 aromatic heterocycles. The highest BCUT2D eigenvalue weighted by atomic mass is 16.1. The van der Waals surface area contributed by atoms with E-state index >= 15 is 0 Å². The third-order valence-electron chi connectivity index (χ3n) is 6.93. The van der Waals surface area contributed by atoms with Gasteiger partial charge in [0.1, 0.15) is 5.78 Å². The van der Waals surface area contributed by atoms with Crippen molar-refractivity contribution in [3.05, 3.63) is 59.2 Å². The van der Waals surface area contributed by atoms with E-state index in [-0.39, 0.29) is 10.8 Å². The number of carbonyl (C=O) groups excluding carboxylic acids is 1. The van der Waals surface area contributed by atoms with Crippen molar-refractivity contribution in [1.29, 1.82) is 0 Å². The van der Waals surface area contributed by atoms with Gasteiger partial charge in [-0.25, -0.2) is 0 Å². The molecule has 1 saturated carbocycles. The van der Waals surface area contributed by atoms with E-state index in [2.05, 4.69) is 63.3 Å². The lowest BCUT2D eigenvalue weighted by Gasteiger charge is -2.38. The molecule has 1 nitrogen and oxygen atoms in total. The van der Waals surface area contributed by atoms with Crippen LogP contribution in [-0.4, -0.2) is 5.78 Å². The molecule has 2 bridgehead atoms. The first-order valence-electron chi connectivity index (χ1n) is 9.63. The number of ketones is 1. The van der Waals surface area contributed by atoms with Crippen molar-refractivity contribution in [3.63, 3.8) is 0 Å². The summed E-state index contributed by atoms with van der Waals surface area (Å²) in [6.07, 6.45) is 8.52. The first-order chi connectivity index (χ1) is 11.9. The topological polar surface area (TPSA) is 17.1 Å². The van der Waals surface area contributed by atoms with E-state index in [4.69, 9.17) is 0 Å². The summed E-state index contributed by atoms with van der Waals surface area (Å²) >= 11 is 0. The predicted molar refractivity (Wildman–Crippen MR) is 103 cm³/mol. The molecular weight excluding hydrogens is 304 g/mol. The molecule has 3 aliphatic rings. The fraction of sp³-hybridized carbons (Fsp3) is 0.458. The number of hydrogen-bond donors (Lipinski definition) is 0. The second kappa shape index (κ2) is 4.84. The zero-order valence-electron chi connectivity index (χ0n) is 15.4. The number of hydrogen-bond acceptors (Lipinski definition) is 1. The summed E-state index contributed by atoms with van der Waals surface area (Å²) in [5, 5.41) is 2.65. The number of allylic oxidation sites excluding steroid dienone is 2. The van der Waals surface area contributed by atoms with Crippen LogP contribution in [0.4, 0.5) is 0 Å². The van der Waals surface area contributed by atoms with Crippen molar-refractivity contribution in [2.75, 3.05) is 0 Å². The molecule has 5 rings (SSSR count). The van der Waals surface area contributed by atoms with Gasteiger partial charge in [0.2, 0.25) is 0 Å². The molecule has 3 unspecified atom stereocenters. The summed E-state index contributed by atoms with van der Waals surface area (Å²) in [6, 6.07) is 11.3. The van der Waals surface area contributed by atoms with Crippen LogP contribution in [0.1, 0.15) is 50.3 Å². The van der Waals surface area contributed by atoms with E-state index in [1.807, 2.05) is 0 Å². The summed E-state index contributed by atoms with van der Waals surface area (Å²) in [4.78, 5) is 13.2. The molecule has 0 aliphatic heterocycles. The minimum Gasteiger partial charge on any atom is -0.299 e. The van der Waals surface area contributed by atoms with Crippen LogP contribution < -0.4 is 0 Å². The molecule has 3 aliphatic carbocycles. The van der Waals surface area contributed by atoms with Crippen molar-refractivity contribution in [1.82, 2.24) is 0 Å². The molecule has 0 N–H and O–H groups in total. The zero-order valence-corrected chi connectivity index (χ0v) is 15.4. The van der Waals surface area contributed by atoms with E-state index in [0.29, 0.717) is 24.0 Å². The third-order valence-corrected chi connectivity index (χ3v) is 6.93. The number of Topliss-reactive ketones (excluding diaryl/α,β-unsaturated/α-hetero) is 1. The SMILES string of the molecule is CC(C)(C)c1cccc2cc3c(cc12)CC(=O)C1(C3)CC2C=CC1C2. The smallest absolute Gasteiger partial charge is 0.144 e. The highest BCUT2D eigenvalue weighted by Gasteiger charge is 2.54. The van der Waals surface area contributed by atoms with Crippen LogP contribution in [0, 0.1) is 17.3 Å². The van der Waals surface area contributed by atoms with E-state index in [9.17, 15) is 4.79 Å². The van der Waals surface area contributed by atoms with E-state index in [1.165, 1.54) is 33.9 Å². The molecule has 2 aromatic carbocycles. The lowest BCUT2D eigenvalue weighted by Crippen LogP contribution is -2.41. The molecule has 0 saturated heterocycles. The van der Waals surface area contributed by atoms with Gasteiger partial charge in [0.25, 0.3) is 0 Å². The molecule has 25 heavy (non-hydrogen) atoms. The number of benzene rings is 2. The van der Waals surface area contributed by atoms with Crippen molar-refractivity contribution < 1.29 is 4.79 Å². The molecular formula is C24H26O. The minimum atomic E-state index is -0.0955.